The van der Waals surface area contributed by atoms with Gasteiger partial charge in [-0.1, -0.05) is 24.3 Å². The number of ether oxygens (including phenoxy) is 1. The molecule has 5 rings (SSSR count). The highest BCUT2D eigenvalue weighted by atomic mass is 32.2. The average Bonchev–Trinajstić information content (AvgIpc) is 3.41. The maximum atomic E-state index is 11.7. The lowest BCUT2D eigenvalue weighted by Gasteiger charge is -2.12. The van der Waals surface area contributed by atoms with Gasteiger partial charge in [-0.05, 0) is 23.8 Å². The number of hydrogen-bond donors (Lipinski definition) is 1. The molecule has 152 valence electrons. The van der Waals surface area contributed by atoms with Gasteiger partial charge in [-0.15, -0.1) is 10.2 Å². The van der Waals surface area contributed by atoms with Gasteiger partial charge in [0.2, 0.25) is 5.65 Å². The van der Waals surface area contributed by atoms with Crippen LogP contribution in [0.1, 0.15) is 11.1 Å². The summed E-state index contributed by atoms with van der Waals surface area (Å²) in [6.45, 7) is 1.32. The zero-order valence-corrected chi connectivity index (χ0v) is 17.1. The first kappa shape index (κ1) is 18.6. The molecule has 0 aliphatic carbocycles. The van der Waals surface area contributed by atoms with Crippen molar-refractivity contribution in [1.82, 2.24) is 19.6 Å². The third-order valence-electron chi connectivity index (χ3n) is 5.20. The molecule has 0 spiro atoms. The van der Waals surface area contributed by atoms with Crippen molar-refractivity contribution >= 4 is 21.3 Å². The van der Waals surface area contributed by atoms with Crippen molar-refractivity contribution in [2.75, 3.05) is 18.2 Å². The Morgan fingerprint density at radius 3 is 2.80 bits per heavy atom. The van der Waals surface area contributed by atoms with E-state index in [4.69, 9.17) is 4.74 Å². The van der Waals surface area contributed by atoms with E-state index >= 15 is 0 Å². The number of fused-ring (bicyclic) bond motifs is 2. The smallest absolute Gasteiger partial charge is 0.203 e. The lowest BCUT2D eigenvalue weighted by molar-refractivity contribution is 0.357. The zero-order valence-electron chi connectivity index (χ0n) is 16.2. The minimum absolute atomic E-state index is 0.275. The topological polar surface area (TPSA) is 98.5 Å². The molecule has 0 saturated carbocycles. The van der Waals surface area contributed by atoms with E-state index in [1.165, 1.54) is 17.4 Å². The summed E-state index contributed by atoms with van der Waals surface area (Å²) < 4.78 is 30.9. The van der Waals surface area contributed by atoms with E-state index in [1.807, 2.05) is 16.5 Å². The number of hydrogen-bond acceptors (Lipinski definition) is 7. The van der Waals surface area contributed by atoms with Crippen LogP contribution in [0.2, 0.25) is 0 Å². The summed E-state index contributed by atoms with van der Waals surface area (Å²) in [5.41, 5.74) is 4.59. The SMILES string of the molecule is CS(=O)(=O)c1ccc(-c2cnc(NCc3cccc4c3CCO4)c3nncn23)cc1. The van der Waals surface area contributed by atoms with Crippen LogP contribution in [0.15, 0.2) is 59.9 Å². The van der Waals surface area contributed by atoms with Gasteiger partial charge in [0, 0.05) is 30.3 Å². The predicted octanol–water partition coefficient (Wildman–Crippen LogP) is 2.74. The molecule has 2 aromatic heterocycles. The fourth-order valence-electron chi connectivity index (χ4n) is 3.67. The van der Waals surface area contributed by atoms with E-state index in [2.05, 4.69) is 26.6 Å². The Hall–Kier alpha value is -3.46. The summed E-state index contributed by atoms with van der Waals surface area (Å²) in [6.07, 6.45) is 5.45. The fourth-order valence-corrected chi connectivity index (χ4v) is 4.30. The molecule has 0 bridgehead atoms. The highest BCUT2D eigenvalue weighted by molar-refractivity contribution is 7.90. The van der Waals surface area contributed by atoms with Crippen LogP contribution in [0, 0.1) is 0 Å². The molecule has 9 heteroatoms. The van der Waals surface area contributed by atoms with Crippen LogP contribution in [0.25, 0.3) is 16.9 Å². The van der Waals surface area contributed by atoms with Crippen LogP contribution in [-0.2, 0) is 22.8 Å². The summed E-state index contributed by atoms with van der Waals surface area (Å²) in [4.78, 5) is 4.83. The second-order valence-corrected chi connectivity index (χ2v) is 9.17. The zero-order chi connectivity index (χ0) is 20.7. The molecule has 0 saturated heterocycles. The molecule has 2 aromatic carbocycles. The van der Waals surface area contributed by atoms with Crippen LogP contribution < -0.4 is 10.1 Å². The first-order valence-electron chi connectivity index (χ1n) is 9.47. The largest absolute Gasteiger partial charge is 0.493 e. The molecule has 0 amide bonds. The molecule has 1 aliphatic rings. The molecular weight excluding hydrogens is 402 g/mol. The quantitative estimate of drug-likeness (QED) is 0.529. The van der Waals surface area contributed by atoms with Crippen LogP contribution in [-0.4, -0.2) is 40.9 Å². The van der Waals surface area contributed by atoms with Crippen molar-refractivity contribution in [2.24, 2.45) is 0 Å². The number of rotatable bonds is 5. The van der Waals surface area contributed by atoms with E-state index in [0.717, 1.165) is 23.4 Å². The minimum Gasteiger partial charge on any atom is -0.493 e. The molecule has 0 fully saturated rings. The normalized spacial score (nSPS) is 13.2. The number of benzene rings is 2. The van der Waals surface area contributed by atoms with Gasteiger partial charge in [0.15, 0.2) is 15.7 Å². The van der Waals surface area contributed by atoms with Crippen LogP contribution in [0.5, 0.6) is 5.75 Å². The van der Waals surface area contributed by atoms with Crippen molar-refractivity contribution in [3.63, 3.8) is 0 Å². The maximum absolute atomic E-state index is 11.7. The van der Waals surface area contributed by atoms with Gasteiger partial charge in [-0.25, -0.2) is 13.4 Å². The molecule has 4 aromatic rings. The molecule has 0 radical (unpaired) electrons. The number of sulfone groups is 1. The van der Waals surface area contributed by atoms with Gasteiger partial charge in [-0.2, -0.15) is 0 Å². The predicted molar refractivity (Wildman–Crippen MR) is 112 cm³/mol. The van der Waals surface area contributed by atoms with Gasteiger partial charge in [-0.3, -0.25) is 4.40 Å². The van der Waals surface area contributed by atoms with Crippen LogP contribution >= 0.6 is 0 Å². The van der Waals surface area contributed by atoms with Crippen molar-refractivity contribution in [2.45, 2.75) is 17.9 Å². The van der Waals surface area contributed by atoms with Gasteiger partial charge < -0.3 is 10.1 Å². The summed E-state index contributed by atoms with van der Waals surface area (Å²) in [7, 11) is -3.24. The van der Waals surface area contributed by atoms with Crippen LogP contribution in [0.4, 0.5) is 5.82 Å². The molecule has 30 heavy (non-hydrogen) atoms. The molecule has 1 N–H and O–H groups in total. The highest BCUT2D eigenvalue weighted by Crippen LogP contribution is 2.29. The Bertz CT molecular complexity index is 1350. The van der Waals surface area contributed by atoms with Gasteiger partial charge >= 0.3 is 0 Å². The summed E-state index contributed by atoms with van der Waals surface area (Å²) in [5, 5.41) is 11.6. The number of nitrogens with zero attached hydrogens (tertiary/aromatic N) is 4. The Morgan fingerprint density at radius 1 is 1.17 bits per heavy atom. The molecule has 0 unspecified atom stereocenters. The summed E-state index contributed by atoms with van der Waals surface area (Å²) in [5.74, 6) is 1.57. The molecular formula is C21H19N5O3S. The van der Waals surface area contributed by atoms with Crippen molar-refractivity contribution in [3.8, 4) is 17.0 Å². The fraction of sp³-hybridized carbons (Fsp3) is 0.190. The minimum atomic E-state index is -3.24. The second-order valence-electron chi connectivity index (χ2n) is 7.16. The van der Waals surface area contributed by atoms with E-state index < -0.39 is 9.84 Å². The van der Waals surface area contributed by atoms with Crippen LogP contribution in [0.3, 0.4) is 0 Å². The number of anilines is 1. The lowest BCUT2D eigenvalue weighted by atomic mass is 10.1. The average molecular weight is 421 g/mol. The third kappa shape index (κ3) is 3.26. The molecule has 1 aliphatic heterocycles. The summed E-state index contributed by atoms with van der Waals surface area (Å²) in [6, 6.07) is 12.8. The van der Waals surface area contributed by atoms with E-state index in [-0.39, 0.29) is 4.90 Å². The Morgan fingerprint density at radius 2 is 2.00 bits per heavy atom. The first-order chi connectivity index (χ1) is 14.5. The van der Waals surface area contributed by atoms with Gasteiger partial charge in [0.25, 0.3) is 0 Å². The second kappa shape index (κ2) is 7.10. The maximum Gasteiger partial charge on any atom is 0.203 e. The molecule has 8 nitrogen and oxygen atoms in total. The van der Waals surface area contributed by atoms with Gasteiger partial charge in [0.1, 0.15) is 12.1 Å². The standard InChI is InChI=1S/C21H19N5O3S/c1-30(27,28)16-7-5-14(6-8-16)18-12-23-20(21-25-24-13-26(18)21)22-11-15-3-2-4-19-17(15)9-10-29-19/h2-8,12-13H,9-11H2,1H3,(H,22,23). The Kier molecular flexibility index (Phi) is 4.39. The van der Waals surface area contributed by atoms with Gasteiger partial charge in [0.05, 0.1) is 23.4 Å². The summed E-state index contributed by atoms with van der Waals surface area (Å²) >= 11 is 0. The molecule has 3 heterocycles. The monoisotopic (exact) mass is 421 g/mol. The van der Waals surface area contributed by atoms with Crippen molar-refractivity contribution in [1.29, 1.82) is 0 Å². The molecule has 0 atom stereocenters. The lowest BCUT2D eigenvalue weighted by Crippen LogP contribution is -2.06. The van der Waals surface area contributed by atoms with E-state index in [0.29, 0.717) is 24.6 Å². The van der Waals surface area contributed by atoms with Crippen molar-refractivity contribution in [3.05, 3.63) is 66.1 Å². The van der Waals surface area contributed by atoms with Crippen molar-refractivity contribution < 1.29 is 13.2 Å². The third-order valence-corrected chi connectivity index (χ3v) is 6.33. The first-order valence-corrected chi connectivity index (χ1v) is 11.4. The Balaban J connectivity index is 1.45. The van der Waals surface area contributed by atoms with E-state index in [1.54, 1.807) is 36.8 Å². The number of aromatic nitrogens is 4. The Labute approximate surface area is 173 Å². The highest BCUT2D eigenvalue weighted by Gasteiger charge is 2.17. The number of nitrogens with one attached hydrogen (secondary N) is 1. The van der Waals surface area contributed by atoms with E-state index in [9.17, 15) is 8.42 Å².